The molecule has 1 N–H and O–H groups in total. The lowest BCUT2D eigenvalue weighted by Crippen LogP contribution is -2.42. The average Bonchev–Trinajstić information content (AvgIpc) is 3.00. The molecule has 0 aliphatic rings. The highest BCUT2D eigenvalue weighted by Gasteiger charge is 2.19. The number of nitro benzene ring substituents is 1. The number of carbonyl (C=O) groups is 1. The number of nitro groups is 1. The van der Waals surface area contributed by atoms with E-state index in [0.29, 0.717) is 0 Å². The summed E-state index contributed by atoms with van der Waals surface area (Å²) < 4.78 is 3.45. The number of aromatic nitrogens is 4. The van der Waals surface area contributed by atoms with Gasteiger partial charge in [0.2, 0.25) is 5.91 Å². The number of nitrogens with one attached hydrogen (secondary N) is 1. The van der Waals surface area contributed by atoms with Gasteiger partial charge in [0.25, 0.3) is 11.2 Å². The average molecular weight is 372 g/mol. The maximum absolute atomic E-state index is 12.6. The first-order chi connectivity index (χ1) is 12.7. The van der Waals surface area contributed by atoms with Crippen LogP contribution >= 0.6 is 0 Å². The predicted octanol–water partition coefficient (Wildman–Crippen LogP) is 0.289. The van der Waals surface area contributed by atoms with E-state index < -0.39 is 28.6 Å². The van der Waals surface area contributed by atoms with Crippen molar-refractivity contribution in [3.05, 3.63) is 61.0 Å². The van der Waals surface area contributed by atoms with Crippen molar-refractivity contribution in [1.29, 1.82) is 0 Å². The molecule has 0 atom stereocenters. The Balaban J connectivity index is 1.97. The zero-order chi connectivity index (χ0) is 19.9. The fourth-order valence-corrected chi connectivity index (χ4v) is 2.83. The fraction of sp³-hybridized carbons (Fsp3) is 0.250. The van der Waals surface area contributed by atoms with Crippen LogP contribution in [0, 0.1) is 17.0 Å². The maximum atomic E-state index is 12.6. The summed E-state index contributed by atoms with van der Waals surface area (Å²) >= 11 is 0. The fourth-order valence-electron chi connectivity index (χ4n) is 2.83. The lowest BCUT2D eigenvalue weighted by molar-refractivity contribution is -0.385. The summed E-state index contributed by atoms with van der Waals surface area (Å²) in [6.45, 7) is 0.968. The molecule has 0 unspecified atom stereocenters. The number of carbonyl (C=O) groups excluding carboxylic acids is 1. The van der Waals surface area contributed by atoms with E-state index in [1.54, 1.807) is 7.05 Å². The van der Waals surface area contributed by atoms with E-state index in [2.05, 4.69) is 10.3 Å². The van der Waals surface area contributed by atoms with Crippen LogP contribution in [0.3, 0.4) is 0 Å². The molecule has 3 aromatic rings. The molecule has 0 saturated heterocycles. The number of rotatable bonds is 4. The highest BCUT2D eigenvalue weighted by molar-refractivity contribution is 5.92. The van der Waals surface area contributed by atoms with Gasteiger partial charge < -0.3 is 9.88 Å². The first kappa shape index (κ1) is 18.0. The van der Waals surface area contributed by atoms with Crippen molar-refractivity contribution in [2.24, 2.45) is 14.1 Å². The van der Waals surface area contributed by atoms with E-state index >= 15 is 0 Å². The van der Waals surface area contributed by atoms with Crippen LogP contribution in [-0.4, -0.2) is 29.5 Å². The summed E-state index contributed by atoms with van der Waals surface area (Å²) in [5.74, 6) is -0.653. The van der Waals surface area contributed by atoms with E-state index in [-0.39, 0.29) is 28.1 Å². The van der Waals surface area contributed by atoms with Crippen molar-refractivity contribution >= 4 is 28.4 Å². The Hall–Kier alpha value is -3.76. The van der Waals surface area contributed by atoms with Crippen LogP contribution in [-0.2, 0) is 25.4 Å². The van der Waals surface area contributed by atoms with Crippen LogP contribution in [0.1, 0.15) is 5.56 Å². The van der Waals surface area contributed by atoms with Crippen LogP contribution < -0.4 is 16.6 Å². The van der Waals surface area contributed by atoms with E-state index in [0.717, 1.165) is 4.57 Å². The second-order valence-electron chi connectivity index (χ2n) is 6.02. The number of imidazole rings is 1. The largest absolute Gasteiger partial charge is 0.332 e. The monoisotopic (exact) mass is 372 g/mol. The van der Waals surface area contributed by atoms with Crippen molar-refractivity contribution in [2.45, 2.75) is 13.5 Å². The normalized spacial score (nSPS) is 10.9. The molecule has 0 radical (unpaired) electrons. The van der Waals surface area contributed by atoms with Gasteiger partial charge in [-0.3, -0.25) is 24.3 Å². The molecule has 1 amide bonds. The molecule has 0 aliphatic heterocycles. The van der Waals surface area contributed by atoms with Crippen molar-refractivity contribution in [3.8, 4) is 0 Å². The second kappa shape index (κ2) is 6.52. The summed E-state index contributed by atoms with van der Waals surface area (Å²) in [6.07, 6.45) is 1.41. The van der Waals surface area contributed by atoms with Crippen LogP contribution in [0.4, 0.5) is 11.4 Å². The van der Waals surface area contributed by atoms with Gasteiger partial charge in [-0.05, 0) is 13.0 Å². The van der Waals surface area contributed by atoms with Gasteiger partial charge in [0, 0.05) is 20.2 Å². The van der Waals surface area contributed by atoms with E-state index in [1.165, 1.54) is 47.6 Å². The van der Waals surface area contributed by atoms with Gasteiger partial charge in [0.05, 0.1) is 22.5 Å². The quantitative estimate of drug-likeness (QED) is 0.517. The van der Waals surface area contributed by atoms with Crippen molar-refractivity contribution in [1.82, 2.24) is 18.7 Å². The Kier molecular flexibility index (Phi) is 4.35. The maximum Gasteiger partial charge on any atom is 0.332 e. The van der Waals surface area contributed by atoms with Crippen LogP contribution in [0.15, 0.2) is 34.1 Å². The molecule has 0 spiro atoms. The van der Waals surface area contributed by atoms with E-state index in [4.69, 9.17) is 0 Å². The van der Waals surface area contributed by atoms with Gasteiger partial charge in [0.15, 0.2) is 11.2 Å². The molecule has 0 fully saturated rings. The van der Waals surface area contributed by atoms with Gasteiger partial charge in [-0.15, -0.1) is 0 Å². The lowest BCUT2D eigenvalue weighted by atomic mass is 10.1. The minimum atomic E-state index is -0.683. The predicted molar refractivity (Wildman–Crippen MR) is 96.7 cm³/mol. The Bertz CT molecular complexity index is 1200. The highest BCUT2D eigenvalue weighted by Crippen LogP contribution is 2.24. The van der Waals surface area contributed by atoms with Crippen molar-refractivity contribution in [3.63, 3.8) is 0 Å². The molecule has 140 valence electrons. The SMILES string of the molecule is Cc1c(NC(=O)Cn2c(=O)c3c(ncn3C)n(C)c2=O)cccc1[N+](=O)[O-]. The van der Waals surface area contributed by atoms with Gasteiger partial charge >= 0.3 is 5.69 Å². The minimum absolute atomic E-state index is 0.141. The smallest absolute Gasteiger partial charge is 0.328 e. The summed E-state index contributed by atoms with van der Waals surface area (Å²) in [6, 6.07) is 4.26. The first-order valence-electron chi connectivity index (χ1n) is 7.87. The number of aryl methyl sites for hydroxylation is 2. The van der Waals surface area contributed by atoms with E-state index in [9.17, 15) is 24.5 Å². The molecule has 27 heavy (non-hydrogen) atoms. The highest BCUT2D eigenvalue weighted by atomic mass is 16.6. The van der Waals surface area contributed by atoms with Crippen LogP contribution in [0.2, 0.25) is 0 Å². The lowest BCUT2D eigenvalue weighted by Gasteiger charge is -2.11. The number of nitrogens with zero attached hydrogens (tertiary/aromatic N) is 5. The number of hydrogen-bond donors (Lipinski definition) is 1. The van der Waals surface area contributed by atoms with Crippen molar-refractivity contribution < 1.29 is 9.72 Å². The van der Waals surface area contributed by atoms with Crippen LogP contribution in [0.25, 0.3) is 11.2 Å². The van der Waals surface area contributed by atoms with Gasteiger partial charge in [-0.1, -0.05) is 6.07 Å². The van der Waals surface area contributed by atoms with Gasteiger partial charge in [-0.2, -0.15) is 0 Å². The summed E-state index contributed by atoms with van der Waals surface area (Å²) in [5, 5.41) is 13.5. The molecule has 0 saturated carbocycles. The molecule has 0 aliphatic carbocycles. The molecule has 11 nitrogen and oxygen atoms in total. The number of anilines is 1. The molecule has 11 heteroatoms. The molecule has 0 bridgehead atoms. The van der Waals surface area contributed by atoms with E-state index in [1.807, 2.05) is 0 Å². The standard InChI is InChI=1S/C16H16N6O5/c1-9-10(5-4-6-11(9)22(26)27)18-12(23)7-21-15(24)13-14(17-8-19(13)2)20(3)16(21)25/h4-6,8H,7H2,1-3H3,(H,18,23). The third-order valence-electron chi connectivity index (χ3n) is 4.28. The molecule has 2 heterocycles. The topological polar surface area (TPSA) is 134 Å². The summed E-state index contributed by atoms with van der Waals surface area (Å²) in [7, 11) is 3.06. The molecule has 3 rings (SSSR count). The zero-order valence-corrected chi connectivity index (χ0v) is 14.8. The number of fused-ring (bicyclic) bond motifs is 1. The zero-order valence-electron chi connectivity index (χ0n) is 14.8. The third kappa shape index (κ3) is 2.99. The van der Waals surface area contributed by atoms with Gasteiger partial charge in [-0.25, -0.2) is 14.3 Å². The van der Waals surface area contributed by atoms with Crippen LogP contribution in [0.5, 0.6) is 0 Å². The Morgan fingerprint density at radius 2 is 2.00 bits per heavy atom. The van der Waals surface area contributed by atoms with Crippen molar-refractivity contribution in [2.75, 3.05) is 5.32 Å². The molecule has 2 aromatic heterocycles. The Labute approximate surface area is 151 Å². The molecular weight excluding hydrogens is 356 g/mol. The molecular formula is C16H16N6O5. The number of amides is 1. The third-order valence-corrected chi connectivity index (χ3v) is 4.28. The molecule has 1 aromatic carbocycles. The van der Waals surface area contributed by atoms with Gasteiger partial charge in [0.1, 0.15) is 6.54 Å². The summed E-state index contributed by atoms with van der Waals surface area (Å²) in [5.41, 5.74) is -0.540. The Morgan fingerprint density at radius 1 is 1.30 bits per heavy atom. The summed E-state index contributed by atoms with van der Waals surface area (Å²) in [4.78, 5) is 51.9. The first-order valence-corrected chi connectivity index (χ1v) is 7.87. The number of hydrogen-bond acceptors (Lipinski definition) is 6. The minimum Gasteiger partial charge on any atom is -0.328 e. The second-order valence-corrected chi connectivity index (χ2v) is 6.02. The Morgan fingerprint density at radius 3 is 2.67 bits per heavy atom. The number of benzene rings is 1.